The number of rotatable bonds is 1. The minimum absolute atomic E-state index is 0.727. The van der Waals surface area contributed by atoms with E-state index in [9.17, 15) is 0 Å². The van der Waals surface area contributed by atoms with Crippen LogP contribution in [-0.4, -0.2) is 0 Å². The molecule has 4 N–H and O–H groups in total. The van der Waals surface area contributed by atoms with E-state index >= 15 is 0 Å². The van der Waals surface area contributed by atoms with Crippen molar-refractivity contribution in [3.63, 3.8) is 0 Å². The number of alkyl halides is 1. The van der Waals surface area contributed by atoms with Gasteiger partial charge in [0.25, 0.3) is 0 Å². The molecule has 2 rings (SSSR count). The first kappa shape index (κ1) is 8.84. The number of hydrogen-bond acceptors (Lipinski definition) is 3. The van der Waals surface area contributed by atoms with E-state index in [0.717, 1.165) is 21.4 Å². The van der Waals surface area contributed by atoms with Crippen molar-refractivity contribution < 1.29 is 0 Å². The van der Waals surface area contributed by atoms with Gasteiger partial charge in [-0.3, -0.25) is 0 Å². The van der Waals surface area contributed by atoms with E-state index in [0.29, 0.717) is 0 Å². The van der Waals surface area contributed by atoms with Crippen LogP contribution in [0.2, 0.25) is 0 Å². The highest BCUT2D eigenvalue weighted by atomic mass is 79.9. The van der Waals surface area contributed by atoms with Crippen LogP contribution in [0.15, 0.2) is 17.5 Å². The largest absolute Gasteiger partial charge is 0.399 e. The maximum Gasteiger partial charge on any atom is 0.0576 e. The first-order chi connectivity index (χ1) is 6.22. The molecular weight excluding hydrogens is 248 g/mol. The average Bonchev–Trinajstić information content (AvgIpc) is 2.47. The minimum atomic E-state index is 0.727. The van der Waals surface area contributed by atoms with Crippen molar-refractivity contribution in [2.24, 2.45) is 0 Å². The second-order valence-corrected chi connectivity index (χ2v) is 4.32. The Labute approximate surface area is 88.7 Å². The van der Waals surface area contributed by atoms with Crippen molar-refractivity contribution >= 4 is 48.7 Å². The molecule has 0 aliphatic carbocycles. The highest BCUT2D eigenvalue weighted by Crippen LogP contribution is 2.33. The molecule has 0 aliphatic heterocycles. The molecule has 68 valence electrons. The SMILES string of the molecule is Nc1cc(N)c2scc(CBr)c2c1. The second kappa shape index (κ2) is 3.20. The highest BCUT2D eigenvalue weighted by molar-refractivity contribution is 9.08. The Morgan fingerprint density at radius 3 is 2.77 bits per heavy atom. The van der Waals surface area contributed by atoms with Gasteiger partial charge in [0.15, 0.2) is 0 Å². The van der Waals surface area contributed by atoms with Crippen molar-refractivity contribution in [3.05, 3.63) is 23.1 Å². The third-order valence-corrected chi connectivity index (χ3v) is 3.65. The molecule has 0 unspecified atom stereocenters. The molecule has 0 amide bonds. The van der Waals surface area contributed by atoms with Gasteiger partial charge in [-0.15, -0.1) is 11.3 Å². The maximum absolute atomic E-state index is 5.84. The highest BCUT2D eigenvalue weighted by Gasteiger charge is 2.06. The lowest BCUT2D eigenvalue weighted by Crippen LogP contribution is -1.90. The summed E-state index contributed by atoms with van der Waals surface area (Å²) in [4.78, 5) is 0. The van der Waals surface area contributed by atoms with Gasteiger partial charge in [-0.05, 0) is 23.1 Å². The summed E-state index contributed by atoms with van der Waals surface area (Å²) in [6.45, 7) is 0. The molecular formula is C9H9BrN2S. The van der Waals surface area contributed by atoms with Crippen LogP contribution in [0.4, 0.5) is 11.4 Å². The summed E-state index contributed by atoms with van der Waals surface area (Å²) in [6, 6.07) is 3.77. The summed E-state index contributed by atoms with van der Waals surface area (Å²) in [7, 11) is 0. The Morgan fingerprint density at radius 1 is 1.31 bits per heavy atom. The van der Waals surface area contributed by atoms with Crippen molar-refractivity contribution in [1.29, 1.82) is 0 Å². The predicted octanol–water partition coefficient (Wildman–Crippen LogP) is 2.96. The number of thiophene rings is 1. The molecule has 0 aliphatic rings. The van der Waals surface area contributed by atoms with E-state index in [1.54, 1.807) is 17.4 Å². The second-order valence-electron chi connectivity index (χ2n) is 2.88. The number of benzene rings is 1. The predicted molar refractivity (Wildman–Crippen MR) is 63.3 cm³/mol. The van der Waals surface area contributed by atoms with Crippen molar-refractivity contribution in [2.75, 3.05) is 11.5 Å². The smallest absolute Gasteiger partial charge is 0.0576 e. The van der Waals surface area contributed by atoms with Crippen LogP contribution in [0.25, 0.3) is 10.1 Å². The summed E-state index contributed by atoms with van der Waals surface area (Å²) < 4.78 is 1.13. The van der Waals surface area contributed by atoms with Crippen LogP contribution in [-0.2, 0) is 5.33 Å². The van der Waals surface area contributed by atoms with Crippen LogP contribution in [0.3, 0.4) is 0 Å². The lowest BCUT2D eigenvalue weighted by molar-refractivity contribution is 1.54. The minimum Gasteiger partial charge on any atom is -0.399 e. The Morgan fingerprint density at radius 2 is 2.08 bits per heavy atom. The molecule has 0 fully saturated rings. The molecule has 0 atom stereocenters. The number of nitrogen functional groups attached to an aromatic ring is 2. The Bertz CT molecular complexity index is 450. The number of hydrogen-bond donors (Lipinski definition) is 2. The zero-order valence-corrected chi connectivity index (χ0v) is 9.28. The molecule has 0 radical (unpaired) electrons. The lowest BCUT2D eigenvalue weighted by Gasteiger charge is -1.99. The Hall–Kier alpha value is -0.740. The summed E-state index contributed by atoms with van der Waals surface area (Å²) in [5.74, 6) is 0. The third-order valence-electron chi connectivity index (χ3n) is 1.95. The topological polar surface area (TPSA) is 52.0 Å². The molecule has 1 aromatic carbocycles. The first-order valence-corrected chi connectivity index (χ1v) is 5.83. The number of halogens is 1. The molecule has 0 saturated heterocycles. The van der Waals surface area contributed by atoms with E-state index < -0.39 is 0 Å². The first-order valence-electron chi connectivity index (χ1n) is 3.83. The van der Waals surface area contributed by atoms with E-state index in [2.05, 4.69) is 21.3 Å². The van der Waals surface area contributed by atoms with Crippen LogP contribution in [0.1, 0.15) is 5.56 Å². The van der Waals surface area contributed by atoms with Gasteiger partial charge in [-0.2, -0.15) is 0 Å². The standard InChI is InChI=1S/C9H9BrN2S/c10-3-5-4-13-9-7(5)1-6(11)2-8(9)12/h1-2,4H,3,11-12H2. The summed E-state index contributed by atoms with van der Waals surface area (Å²) in [6.07, 6.45) is 0. The van der Waals surface area contributed by atoms with Crippen LogP contribution < -0.4 is 11.5 Å². The summed E-state index contributed by atoms with van der Waals surface area (Å²) >= 11 is 5.10. The van der Waals surface area contributed by atoms with Gasteiger partial charge in [0, 0.05) is 16.4 Å². The molecule has 2 nitrogen and oxygen atoms in total. The molecule has 2 aromatic rings. The third kappa shape index (κ3) is 1.40. The number of anilines is 2. The molecule has 1 heterocycles. The van der Waals surface area contributed by atoms with Gasteiger partial charge in [-0.25, -0.2) is 0 Å². The average molecular weight is 257 g/mol. The van der Waals surface area contributed by atoms with Crippen molar-refractivity contribution in [1.82, 2.24) is 0 Å². The fourth-order valence-electron chi connectivity index (χ4n) is 1.34. The van der Waals surface area contributed by atoms with Gasteiger partial charge in [-0.1, -0.05) is 15.9 Å². The summed E-state index contributed by atoms with van der Waals surface area (Å²) in [5, 5.41) is 4.12. The molecule has 0 saturated carbocycles. The molecule has 13 heavy (non-hydrogen) atoms. The van der Waals surface area contributed by atoms with Gasteiger partial charge in [0.05, 0.1) is 10.4 Å². The normalized spacial score (nSPS) is 10.8. The lowest BCUT2D eigenvalue weighted by atomic mass is 10.1. The fourth-order valence-corrected chi connectivity index (χ4v) is 3.00. The van der Waals surface area contributed by atoms with E-state index in [-0.39, 0.29) is 0 Å². The van der Waals surface area contributed by atoms with Crippen LogP contribution >= 0.6 is 27.3 Å². The Balaban J connectivity index is 2.82. The number of nitrogens with two attached hydrogens (primary N) is 2. The van der Waals surface area contributed by atoms with Gasteiger partial charge in [0.2, 0.25) is 0 Å². The molecule has 0 bridgehead atoms. The van der Waals surface area contributed by atoms with Crippen molar-refractivity contribution in [3.8, 4) is 0 Å². The van der Waals surface area contributed by atoms with Gasteiger partial charge >= 0.3 is 0 Å². The zero-order valence-electron chi connectivity index (χ0n) is 6.88. The molecule has 1 aromatic heterocycles. The number of fused-ring (bicyclic) bond motifs is 1. The van der Waals surface area contributed by atoms with Gasteiger partial charge < -0.3 is 11.5 Å². The van der Waals surface area contributed by atoms with Crippen LogP contribution in [0, 0.1) is 0 Å². The summed E-state index contributed by atoms with van der Waals surface area (Å²) in [5.41, 5.74) is 14.3. The fraction of sp³-hybridized carbons (Fsp3) is 0.111. The monoisotopic (exact) mass is 256 g/mol. The van der Waals surface area contributed by atoms with E-state index in [1.807, 2.05) is 6.07 Å². The maximum atomic E-state index is 5.84. The van der Waals surface area contributed by atoms with Crippen molar-refractivity contribution in [2.45, 2.75) is 5.33 Å². The molecule has 4 heteroatoms. The quantitative estimate of drug-likeness (QED) is 0.609. The van der Waals surface area contributed by atoms with E-state index in [1.165, 1.54) is 10.9 Å². The van der Waals surface area contributed by atoms with Gasteiger partial charge in [0.1, 0.15) is 0 Å². The zero-order chi connectivity index (χ0) is 9.42. The van der Waals surface area contributed by atoms with Crippen LogP contribution in [0.5, 0.6) is 0 Å². The molecule has 0 spiro atoms. The Kier molecular flexibility index (Phi) is 2.17. The van der Waals surface area contributed by atoms with E-state index in [4.69, 9.17) is 11.5 Å².